The maximum atomic E-state index is 12.9. The predicted molar refractivity (Wildman–Crippen MR) is 182 cm³/mol. The molecule has 10 nitrogen and oxygen atoms in total. The Morgan fingerprint density at radius 2 is 1.60 bits per heavy atom. The van der Waals surface area contributed by atoms with Crippen LogP contribution in [0, 0.1) is 30.9 Å². The minimum Gasteiger partial charge on any atom is -0.497 e. The summed E-state index contributed by atoms with van der Waals surface area (Å²) in [5, 5.41) is 11.1. The molecule has 0 atom stereocenters. The SMILES string of the molecule is CCN(C(=O)c1cncnc1C)c1cc(OC)ccc1SC.CSc1ccccc1N(C)C(=O)c1cc([N+](=O)[O-])cc(C)c1C. The Labute approximate surface area is 272 Å². The van der Waals surface area contributed by atoms with E-state index in [0.717, 1.165) is 38.0 Å². The molecule has 0 N–H and O–H groups in total. The minimum atomic E-state index is -0.473. The van der Waals surface area contributed by atoms with Crippen LogP contribution in [0.15, 0.2) is 76.9 Å². The van der Waals surface area contributed by atoms with Gasteiger partial charge in [0, 0.05) is 53.3 Å². The predicted octanol–water partition coefficient (Wildman–Crippen LogP) is 7.39. The van der Waals surface area contributed by atoms with Gasteiger partial charge in [0.1, 0.15) is 12.1 Å². The lowest BCUT2D eigenvalue weighted by Gasteiger charge is -2.24. The summed E-state index contributed by atoms with van der Waals surface area (Å²) >= 11 is 3.14. The van der Waals surface area contributed by atoms with Crippen molar-refractivity contribution in [1.82, 2.24) is 9.97 Å². The molecular weight excluding hydrogens is 611 g/mol. The summed E-state index contributed by atoms with van der Waals surface area (Å²) in [5.41, 5.74) is 4.59. The number of benzene rings is 3. The van der Waals surface area contributed by atoms with E-state index < -0.39 is 4.92 Å². The molecule has 4 aromatic rings. The molecule has 0 fully saturated rings. The first-order valence-electron chi connectivity index (χ1n) is 14.0. The highest BCUT2D eigenvalue weighted by Crippen LogP contribution is 2.34. The molecule has 45 heavy (non-hydrogen) atoms. The molecule has 0 saturated carbocycles. The first kappa shape index (κ1) is 35.1. The highest BCUT2D eigenvalue weighted by Gasteiger charge is 2.23. The molecule has 0 radical (unpaired) electrons. The highest BCUT2D eigenvalue weighted by molar-refractivity contribution is 7.99. The zero-order valence-electron chi connectivity index (χ0n) is 26.7. The van der Waals surface area contributed by atoms with E-state index in [1.165, 1.54) is 23.4 Å². The maximum absolute atomic E-state index is 12.9. The van der Waals surface area contributed by atoms with Crippen molar-refractivity contribution >= 4 is 52.4 Å². The normalized spacial score (nSPS) is 10.4. The van der Waals surface area contributed by atoms with E-state index >= 15 is 0 Å². The van der Waals surface area contributed by atoms with Gasteiger partial charge in [-0.25, -0.2) is 9.97 Å². The zero-order valence-corrected chi connectivity index (χ0v) is 28.3. The number of hydrogen-bond acceptors (Lipinski definition) is 9. The van der Waals surface area contributed by atoms with Crippen molar-refractivity contribution in [2.75, 3.05) is 43.0 Å². The van der Waals surface area contributed by atoms with Gasteiger partial charge in [-0.05, 0) is 75.6 Å². The van der Waals surface area contributed by atoms with Crippen LogP contribution in [-0.4, -0.2) is 59.9 Å². The lowest BCUT2D eigenvalue weighted by molar-refractivity contribution is -0.384. The number of aromatic nitrogens is 2. The monoisotopic (exact) mass is 647 g/mol. The van der Waals surface area contributed by atoms with Crippen LogP contribution in [0.3, 0.4) is 0 Å². The summed E-state index contributed by atoms with van der Waals surface area (Å²) in [5.74, 6) is 0.361. The molecule has 0 spiro atoms. The molecule has 3 aromatic carbocycles. The molecule has 0 aliphatic rings. The van der Waals surface area contributed by atoms with Gasteiger partial charge in [0.25, 0.3) is 17.5 Å². The second kappa shape index (κ2) is 16.1. The number of amides is 2. The molecule has 2 amide bonds. The fourth-order valence-corrected chi connectivity index (χ4v) is 5.75. The fourth-order valence-electron chi connectivity index (χ4n) is 4.54. The minimum absolute atomic E-state index is 0.0667. The Hall–Kier alpha value is -4.42. The van der Waals surface area contributed by atoms with Gasteiger partial charge in [0.15, 0.2) is 0 Å². The van der Waals surface area contributed by atoms with E-state index in [9.17, 15) is 19.7 Å². The first-order valence-corrected chi connectivity index (χ1v) is 16.4. The van der Waals surface area contributed by atoms with Gasteiger partial charge in [0.05, 0.1) is 34.7 Å². The number of anilines is 2. The Bertz CT molecular complexity index is 1700. The third-order valence-corrected chi connectivity index (χ3v) is 8.79. The van der Waals surface area contributed by atoms with Crippen LogP contribution in [0.25, 0.3) is 0 Å². The molecule has 4 rings (SSSR count). The van der Waals surface area contributed by atoms with Crippen LogP contribution in [0.2, 0.25) is 0 Å². The maximum Gasteiger partial charge on any atom is 0.270 e. The number of non-ortho nitro benzene ring substituents is 1. The van der Waals surface area contributed by atoms with E-state index in [1.807, 2.05) is 68.8 Å². The van der Waals surface area contributed by atoms with Crippen molar-refractivity contribution in [2.45, 2.75) is 37.5 Å². The van der Waals surface area contributed by atoms with Crippen molar-refractivity contribution in [2.24, 2.45) is 0 Å². The van der Waals surface area contributed by atoms with E-state index in [-0.39, 0.29) is 17.5 Å². The van der Waals surface area contributed by atoms with Gasteiger partial charge in [0.2, 0.25) is 0 Å². The summed E-state index contributed by atoms with van der Waals surface area (Å²) < 4.78 is 5.29. The van der Waals surface area contributed by atoms with E-state index in [1.54, 1.807) is 62.6 Å². The van der Waals surface area contributed by atoms with Crippen LogP contribution < -0.4 is 14.5 Å². The number of ether oxygens (including phenoxy) is 1. The first-order chi connectivity index (χ1) is 21.5. The third-order valence-electron chi connectivity index (χ3n) is 7.22. The zero-order chi connectivity index (χ0) is 33.3. The van der Waals surface area contributed by atoms with Crippen molar-refractivity contribution in [3.05, 3.63) is 105 Å². The molecule has 0 bridgehead atoms. The molecule has 0 aliphatic heterocycles. The van der Waals surface area contributed by atoms with Crippen molar-refractivity contribution in [3.8, 4) is 5.75 Å². The van der Waals surface area contributed by atoms with Gasteiger partial charge in [-0.2, -0.15) is 0 Å². The molecule has 12 heteroatoms. The number of nitro benzene ring substituents is 1. The molecule has 1 aromatic heterocycles. The van der Waals surface area contributed by atoms with Crippen LogP contribution in [0.1, 0.15) is 44.5 Å². The molecule has 0 aliphatic carbocycles. The number of methoxy groups -OCH3 is 1. The number of nitro groups is 1. The number of rotatable bonds is 9. The molecular formula is C33H37N5O5S2. The third kappa shape index (κ3) is 8.20. The number of aryl methyl sites for hydroxylation is 2. The lowest BCUT2D eigenvalue weighted by Crippen LogP contribution is -2.32. The Kier molecular flexibility index (Phi) is 12.5. The number of thioether (sulfide) groups is 2. The second-order valence-corrected chi connectivity index (χ2v) is 11.5. The van der Waals surface area contributed by atoms with Crippen LogP contribution in [0.4, 0.5) is 17.1 Å². The Balaban J connectivity index is 0.000000246. The quantitative estimate of drug-likeness (QED) is 0.104. The van der Waals surface area contributed by atoms with E-state index in [0.29, 0.717) is 23.4 Å². The number of nitrogens with zero attached hydrogens (tertiary/aromatic N) is 5. The average molecular weight is 648 g/mol. The Morgan fingerprint density at radius 3 is 2.20 bits per heavy atom. The number of carbonyl (C=O) groups excluding carboxylic acids is 2. The van der Waals surface area contributed by atoms with Gasteiger partial charge >= 0.3 is 0 Å². The average Bonchev–Trinajstić information content (AvgIpc) is 3.05. The smallest absolute Gasteiger partial charge is 0.270 e. The number of hydrogen-bond donors (Lipinski definition) is 0. The summed E-state index contributed by atoms with van der Waals surface area (Å²) in [7, 11) is 3.30. The summed E-state index contributed by atoms with van der Waals surface area (Å²) in [6.07, 6.45) is 6.94. The van der Waals surface area contributed by atoms with Gasteiger partial charge in [-0.15, -0.1) is 23.5 Å². The highest BCUT2D eigenvalue weighted by atomic mass is 32.2. The van der Waals surface area contributed by atoms with Crippen molar-refractivity contribution < 1.29 is 19.2 Å². The van der Waals surface area contributed by atoms with Crippen LogP contribution in [-0.2, 0) is 0 Å². The van der Waals surface area contributed by atoms with Gasteiger partial charge < -0.3 is 14.5 Å². The molecule has 0 unspecified atom stereocenters. The molecule has 0 saturated heterocycles. The summed E-state index contributed by atoms with van der Waals surface area (Å²) in [4.78, 5) is 49.6. The Morgan fingerprint density at radius 1 is 0.933 bits per heavy atom. The molecule has 1 heterocycles. The van der Waals surface area contributed by atoms with E-state index in [4.69, 9.17) is 4.74 Å². The largest absolute Gasteiger partial charge is 0.497 e. The van der Waals surface area contributed by atoms with Crippen LogP contribution >= 0.6 is 23.5 Å². The number of para-hydroxylation sites is 1. The van der Waals surface area contributed by atoms with Crippen LogP contribution in [0.5, 0.6) is 5.75 Å². The standard InChI is InChI=1S/C17H18N2O3S.C16H19N3O2S/c1-11-9-13(19(21)22)10-14(12(11)2)17(20)18(3)15-7-5-6-8-16(15)23-4;1-5-19(16(20)13-9-17-10-18-11(13)2)14-8-12(21-3)6-7-15(14)22-4/h5-10H,1-4H3;6-10H,5H2,1-4H3. The number of carbonyl (C=O) groups is 2. The van der Waals surface area contributed by atoms with Gasteiger partial charge in [-0.1, -0.05) is 12.1 Å². The fraction of sp³-hybridized carbons (Fsp3) is 0.273. The van der Waals surface area contributed by atoms with Gasteiger partial charge in [-0.3, -0.25) is 19.7 Å². The summed E-state index contributed by atoms with van der Waals surface area (Å²) in [6.45, 7) is 7.88. The second-order valence-electron chi connectivity index (χ2n) is 9.84. The lowest BCUT2D eigenvalue weighted by atomic mass is 10.0. The van der Waals surface area contributed by atoms with Crippen molar-refractivity contribution in [1.29, 1.82) is 0 Å². The van der Waals surface area contributed by atoms with Crippen molar-refractivity contribution in [3.63, 3.8) is 0 Å². The van der Waals surface area contributed by atoms with E-state index in [2.05, 4.69) is 9.97 Å². The summed E-state index contributed by atoms with van der Waals surface area (Å²) in [6, 6.07) is 16.2. The topological polar surface area (TPSA) is 119 Å². The molecule has 236 valence electrons.